The van der Waals surface area contributed by atoms with E-state index < -0.39 is 0 Å². The van der Waals surface area contributed by atoms with Crippen LogP contribution in [0.15, 0.2) is 11.2 Å². The summed E-state index contributed by atoms with van der Waals surface area (Å²) in [5.41, 5.74) is 5.72. The van der Waals surface area contributed by atoms with Gasteiger partial charge in [0.1, 0.15) is 11.6 Å². The van der Waals surface area contributed by atoms with E-state index in [2.05, 4.69) is 15.3 Å². The molecule has 1 aromatic rings. The quantitative estimate of drug-likeness (QED) is 0.601. The van der Waals surface area contributed by atoms with Crippen molar-refractivity contribution < 1.29 is 4.79 Å². The largest absolute Gasteiger partial charge is 0.383 e. The van der Waals surface area contributed by atoms with Crippen LogP contribution in [0.25, 0.3) is 0 Å². The van der Waals surface area contributed by atoms with Crippen LogP contribution in [0.3, 0.4) is 0 Å². The van der Waals surface area contributed by atoms with Gasteiger partial charge < -0.3 is 16.0 Å². The summed E-state index contributed by atoms with van der Waals surface area (Å²) < 4.78 is 0. The normalized spacial score (nSPS) is 12.0. The zero-order chi connectivity index (χ0) is 13.7. The van der Waals surface area contributed by atoms with Gasteiger partial charge in [-0.3, -0.25) is 4.79 Å². The Bertz CT molecular complexity index is 426. The molecule has 1 heterocycles. The van der Waals surface area contributed by atoms with Crippen molar-refractivity contribution in [3.05, 3.63) is 6.07 Å². The predicted octanol–water partition coefficient (Wildman–Crippen LogP) is 0.599. The Morgan fingerprint density at radius 1 is 1.61 bits per heavy atom. The Kier molecular flexibility index (Phi) is 5.21. The van der Waals surface area contributed by atoms with Crippen LogP contribution < -0.4 is 16.0 Å². The molecule has 1 atom stereocenters. The maximum atomic E-state index is 11.5. The fraction of sp³-hybridized carbons (Fsp3) is 0.545. The molecule has 0 aliphatic carbocycles. The molecule has 1 unspecified atom stereocenters. The van der Waals surface area contributed by atoms with Crippen LogP contribution in [0, 0.1) is 5.92 Å². The van der Waals surface area contributed by atoms with Gasteiger partial charge in [0.2, 0.25) is 5.91 Å². The Morgan fingerprint density at radius 3 is 2.83 bits per heavy atom. The first-order valence-electron chi connectivity index (χ1n) is 5.59. The maximum Gasteiger partial charge on any atom is 0.224 e. The van der Waals surface area contributed by atoms with E-state index in [0.717, 1.165) is 5.82 Å². The molecule has 1 rings (SSSR count). The predicted molar refractivity (Wildman–Crippen MR) is 74.7 cm³/mol. The van der Waals surface area contributed by atoms with Gasteiger partial charge in [-0.1, -0.05) is 18.7 Å². The molecule has 100 valence electrons. The van der Waals surface area contributed by atoms with E-state index >= 15 is 0 Å². The number of thioether (sulfide) groups is 1. The zero-order valence-corrected chi connectivity index (χ0v) is 11.9. The van der Waals surface area contributed by atoms with Crippen LogP contribution in [0.4, 0.5) is 11.6 Å². The highest BCUT2D eigenvalue weighted by molar-refractivity contribution is 7.98. The van der Waals surface area contributed by atoms with Crippen LogP contribution in [-0.4, -0.2) is 42.8 Å². The molecular weight excluding hydrogens is 250 g/mol. The standard InChI is InChI=1S/C11H19N5OS/c1-7(10(17)13-2)6-16(3)9-5-8(12)14-11(15-9)18-4/h5,7H,6H2,1-4H3,(H,13,17)(H2,12,14,15). The second-order valence-corrected chi connectivity index (χ2v) is 4.81. The molecule has 1 amide bonds. The first kappa shape index (κ1) is 14.6. The summed E-state index contributed by atoms with van der Waals surface area (Å²) >= 11 is 1.44. The van der Waals surface area contributed by atoms with Crippen molar-refractivity contribution >= 4 is 29.3 Å². The van der Waals surface area contributed by atoms with Crippen molar-refractivity contribution in [3.63, 3.8) is 0 Å². The molecule has 0 aliphatic heterocycles. The summed E-state index contributed by atoms with van der Waals surface area (Å²) in [5.74, 6) is 1.05. The summed E-state index contributed by atoms with van der Waals surface area (Å²) in [4.78, 5) is 21.8. The van der Waals surface area contributed by atoms with Gasteiger partial charge in [-0.05, 0) is 6.26 Å². The van der Waals surface area contributed by atoms with Crippen molar-refractivity contribution in [2.75, 3.05) is 37.5 Å². The van der Waals surface area contributed by atoms with Crippen molar-refractivity contribution in [1.82, 2.24) is 15.3 Å². The highest BCUT2D eigenvalue weighted by Gasteiger charge is 2.15. The van der Waals surface area contributed by atoms with Gasteiger partial charge in [0.25, 0.3) is 0 Å². The molecule has 0 radical (unpaired) electrons. The average molecular weight is 269 g/mol. The van der Waals surface area contributed by atoms with E-state index in [9.17, 15) is 4.79 Å². The SMILES string of the molecule is CNC(=O)C(C)CN(C)c1cc(N)nc(SC)n1. The number of nitrogens with two attached hydrogens (primary N) is 1. The molecule has 0 aliphatic rings. The lowest BCUT2D eigenvalue weighted by atomic mass is 10.1. The Balaban J connectivity index is 2.80. The first-order valence-corrected chi connectivity index (χ1v) is 6.81. The fourth-order valence-electron chi connectivity index (χ4n) is 1.55. The molecule has 3 N–H and O–H groups in total. The number of nitrogen functional groups attached to an aromatic ring is 1. The highest BCUT2D eigenvalue weighted by Crippen LogP contribution is 2.18. The Labute approximate surface area is 111 Å². The summed E-state index contributed by atoms with van der Waals surface area (Å²) in [7, 11) is 3.51. The number of carbonyl (C=O) groups is 1. The Morgan fingerprint density at radius 2 is 2.28 bits per heavy atom. The van der Waals surface area contributed by atoms with Gasteiger partial charge in [-0.15, -0.1) is 0 Å². The van der Waals surface area contributed by atoms with E-state index in [1.807, 2.05) is 25.1 Å². The third kappa shape index (κ3) is 3.76. The van der Waals surface area contributed by atoms with Crippen LogP contribution in [0.5, 0.6) is 0 Å². The van der Waals surface area contributed by atoms with Gasteiger partial charge in [-0.25, -0.2) is 9.97 Å². The lowest BCUT2D eigenvalue weighted by molar-refractivity contribution is -0.123. The molecule has 0 saturated heterocycles. The molecule has 0 bridgehead atoms. The van der Waals surface area contributed by atoms with E-state index in [4.69, 9.17) is 5.73 Å². The van der Waals surface area contributed by atoms with Crippen molar-refractivity contribution in [2.45, 2.75) is 12.1 Å². The minimum Gasteiger partial charge on any atom is -0.383 e. The molecule has 0 spiro atoms. The van der Waals surface area contributed by atoms with Crippen molar-refractivity contribution in [3.8, 4) is 0 Å². The lowest BCUT2D eigenvalue weighted by Gasteiger charge is -2.22. The summed E-state index contributed by atoms with van der Waals surface area (Å²) in [6, 6.07) is 1.70. The molecule has 7 heteroatoms. The molecule has 6 nitrogen and oxygen atoms in total. The Hall–Kier alpha value is -1.50. The topological polar surface area (TPSA) is 84.1 Å². The van der Waals surface area contributed by atoms with Crippen molar-refractivity contribution in [2.24, 2.45) is 5.92 Å². The van der Waals surface area contributed by atoms with E-state index in [1.54, 1.807) is 13.1 Å². The molecule has 0 fully saturated rings. The number of nitrogens with zero attached hydrogens (tertiary/aromatic N) is 3. The number of rotatable bonds is 5. The van der Waals surface area contributed by atoms with E-state index in [1.165, 1.54) is 11.8 Å². The van der Waals surface area contributed by atoms with E-state index in [0.29, 0.717) is 17.5 Å². The number of aromatic nitrogens is 2. The summed E-state index contributed by atoms with van der Waals surface area (Å²) in [6.07, 6.45) is 1.89. The number of carbonyl (C=O) groups excluding carboxylic acids is 1. The number of amides is 1. The van der Waals surface area contributed by atoms with Crippen molar-refractivity contribution in [1.29, 1.82) is 0 Å². The van der Waals surface area contributed by atoms with Crippen LogP contribution in [0.1, 0.15) is 6.92 Å². The summed E-state index contributed by atoms with van der Waals surface area (Å²) in [6.45, 7) is 2.44. The minimum atomic E-state index is -0.117. The second kappa shape index (κ2) is 6.44. The van der Waals surface area contributed by atoms with Crippen LogP contribution >= 0.6 is 11.8 Å². The molecule has 0 saturated carbocycles. The number of hydrogen-bond donors (Lipinski definition) is 2. The number of hydrogen-bond acceptors (Lipinski definition) is 6. The minimum absolute atomic E-state index is 0.00830. The van der Waals surface area contributed by atoms with Gasteiger partial charge in [-0.2, -0.15) is 0 Å². The van der Waals surface area contributed by atoms with Crippen LogP contribution in [0.2, 0.25) is 0 Å². The molecular formula is C11H19N5OS. The van der Waals surface area contributed by atoms with Gasteiger partial charge in [0, 0.05) is 26.7 Å². The third-order valence-corrected chi connectivity index (χ3v) is 3.08. The van der Waals surface area contributed by atoms with Crippen LogP contribution in [-0.2, 0) is 4.79 Å². The second-order valence-electron chi connectivity index (χ2n) is 4.03. The zero-order valence-electron chi connectivity index (χ0n) is 11.1. The van der Waals surface area contributed by atoms with E-state index in [-0.39, 0.29) is 11.8 Å². The van der Waals surface area contributed by atoms with Gasteiger partial charge in [0.05, 0.1) is 5.92 Å². The molecule has 18 heavy (non-hydrogen) atoms. The van der Waals surface area contributed by atoms with Gasteiger partial charge >= 0.3 is 0 Å². The smallest absolute Gasteiger partial charge is 0.224 e. The number of nitrogens with one attached hydrogen (secondary N) is 1. The monoisotopic (exact) mass is 269 g/mol. The van der Waals surface area contributed by atoms with Gasteiger partial charge in [0.15, 0.2) is 5.16 Å². The third-order valence-electron chi connectivity index (χ3n) is 2.53. The summed E-state index contributed by atoms with van der Waals surface area (Å²) in [5, 5.41) is 3.26. The number of anilines is 2. The molecule has 1 aromatic heterocycles. The maximum absolute atomic E-state index is 11.5. The highest BCUT2D eigenvalue weighted by atomic mass is 32.2. The lowest BCUT2D eigenvalue weighted by Crippen LogP contribution is -2.34. The fourth-order valence-corrected chi connectivity index (χ4v) is 1.93. The molecule has 0 aromatic carbocycles. The first-order chi connectivity index (χ1) is 8.47. The average Bonchev–Trinajstić information content (AvgIpc) is 2.36.